The van der Waals surface area contributed by atoms with Crippen LogP contribution in [0.5, 0.6) is 0 Å². The highest BCUT2D eigenvalue weighted by Gasteiger charge is 2.27. The smallest absolute Gasteiger partial charge is 0.326 e. The molecule has 0 spiro atoms. The second-order valence-electron chi connectivity index (χ2n) is 9.61. The number of amides is 2. The number of H-pyrrole nitrogens is 1. The van der Waals surface area contributed by atoms with Crippen molar-refractivity contribution in [3.05, 3.63) is 36.0 Å². The maximum absolute atomic E-state index is 13.2. The average Bonchev–Trinajstić information content (AvgIpc) is 3.30. The molecule has 2 rings (SSSR count). The molecule has 0 aliphatic rings. The van der Waals surface area contributed by atoms with E-state index < -0.39 is 41.8 Å². The maximum Gasteiger partial charge on any atom is 0.326 e. The van der Waals surface area contributed by atoms with Gasteiger partial charge in [0.1, 0.15) is 11.8 Å². The topological polar surface area (TPSA) is 218 Å². The summed E-state index contributed by atoms with van der Waals surface area (Å²) in [5, 5.41) is 24.1. The summed E-state index contributed by atoms with van der Waals surface area (Å²) < 4.78 is 0. The van der Waals surface area contributed by atoms with Crippen LogP contribution in [0.25, 0.3) is 10.9 Å². The number of aromatic amines is 1. The Morgan fingerprint density at radius 2 is 1.72 bits per heavy atom. The van der Waals surface area contributed by atoms with Crippen LogP contribution < -0.4 is 22.1 Å². The molecule has 3 atom stereocenters. The predicted octanol–water partition coefficient (Wildman–Crippen LogP) is 1.07. The summed E-state index contributed by atoms with van der Waals surface area (Å²) in [4.78, 5) is 63.4. The first-order valence-electron chi connectivity index (χ1n) is 13.2. The third-order valence-electron chi connectivity index (χ3n) is 6.50. The zero-order valence-corrected chi connectivity index (χ0v) is 22.0. The van der Waals surface area contributed by atoms with Crippen LogP contribution >= 0.6 is 0 Å². The first-order chi connectivity index (χ1) is 18.6. The quantitative estimate of drug-likeness (QED) is 0.125. The number of hydrogen-bond acceptors (Lipinski definition) is 7. The zero-order valence-electron chi connectivity index (χ0n) is 22.0. The number of Topliss-reactive ketones (excluding diaryl/α,β-unsaturated/α-hetero) is 1. The molecule has 12 nitrogen and oxygen atoms in total. The molecule has 1 heterocycles. The van der Waals surface area contributed by atoms with Crippen LogP contribution in [0.3, 0.4) is 0 Å². The molecule has 0 unspecified atom stereocenters. The monoisotopic (exact) mass is 545 g/mol. The molecule has 12 heteroatoms. The second kappa shape index (κ2) is 16.2. The van der Waals surface area contributed by atoms with E-state index in [0.29, 0.717) is 19.4 Å². The number of aromatic nitrogens is 1. The van der Waals surface area contributed by atoms with Crippen molar-refractivity contribution in [2.45, 2.75) is 69.9 Å². The SMILES string of the molecule is NCCCC[C@H](N)C(=O)C[C@H](Cc1c[nH]c2ccccc12)C(=O)NCC[C@@H](NC(=O)CCCC(=O)O)C(=O)O. The van der Waals surface area contributed by atoms with Crippen LogP contribution in [0.2, 0.25) is 0 Å². The van der Waals surface area contributed by atoms with Gasteiger partial charge in [-0.1, -0.05) is 24.6 Å². The molecule has 1 aromatic carbocycles. The van der Waals surface area contributed by atoms with Crippen molar-refractivity contribution in [2.24, 2.45) is 17.4 Å². The van der Waals surface area contributed by atoms with Gasteiger partial charge >= 0.3 is 11.9 Å². The van der Waals surface area contributed by atoms with Crippen LogP contribution in [0.4, 0.5) is 0 Å². The van der Waals surface area contributed by atoms with E-state index in [1.807, 2.05) is 24.3 Å². The molecule has 0 saturated carbocycles. The lowest BCUT2D eigenvalue weighted by molar-refractivity contribution is -0.142. The largest absolute Gasteiger partial charge is 0.481 e. The summed E-state index contributed by atoms with van der Waals surface area (Å²) in [6, 6.07) is 5.65. The lowest BCUT2D eigenvalue weighted by Gasteiger charge is -2.20. The molecular weight excluding hydrogens is 506 g/mol. The Labute approximate surface area is 226 Å². The van der Waals surface area contributed by atoms with Gasteiger partial charge in [-0.3, -0.25) is 19.2 Å². The number of nitrogens with one attached hydrogen (secondary N) is 3. The van der Waals surface area contributed by atoms with Crippen molar-refractivity contribution in [3.8, 4) is 0 Å². The molecule has 0 aliphatic heterocycles. The van der Waals surface area contributed by atoms with Gasteiger partial charge < -0.3 is 37.3 Å². The second-order valence-corrected chi connectivity index (χ2v) is 9.61. The Morgan fingerprint density at radius 1 is 0.974 bits per heavy atom. The summed E-state index contributed by atoms with van der Waals surface area (Å²) in [6.07, 6.45) is 3.62. The number of aliphatic carboxylic acids is 2. The minimum atomic E-state index is -1.27. The van der Waals surface area contributed by atoms with Gasteiger partial charge in [-0.2, -0.15) is 0 Å². The van der Waals surface area contributed by atoms with Crippen molar-refractivity contribution in [1.82, 2.24) is 15.6 Å². The molecule has 2 amide bonds. The van der Waals surface area contributed by atoms with E-state index >= 15 is 0 Å². The molecule has 1 aromatic heterocycles. The highest BCUT2D eigenvalue weighted by atomic mass is 16.4. The Balaban J connectivity index is 2.02. The van der Waals surface area contributed by atoms with Crippen LogP contribution in [0, 0.1) is 5.92 Å². The van der Waals surface area contributed by atoms with Gasteiger partial charge in [0.25, 0.3) is 0 Å². The zero-order chi connectivity index (χ0) is 28.8. The summed E-state index contributed by atoms with van der Waals surface area (Å²) in [5.41, 5.74) is 13.4. The average molecular weight is 546 g/mol. The molecule has 0 radical (unpaired) electrons. The van der Waals surface area contributed by atoms with Crippen LogP contribution in [-0.4, -0.2) is 69.9 Å². The molecule has 214 valence electrons. The van der Waals surface area contributed by atoms with Gasteiger partial charge in [-0.05, 0) is 50.3 Å². The summed E-state index contributed by atoms with van der Waals surface area (Å²) in [7, 11) is 0. The Kier molecular flexibility index (Phi) is 13.1. The van der Waals surface area contributed by atoms with Crippen LogP contribution in [0.1, 0.15) is 56.9 Å². The summed E-state index contributed by atoms with van der Waals surface area (Å²) in [6.45, 7) is 0.457. The van der Waals surface area contributed by atoms with Gasteiger partial charge in [0.05, 0.1) is 6.04 Å². The molecule has 0 bridgehead atoms. The molecular formula is C27H39N5O7. The van der Waals surface area contributed by atoms with Gasteiger partial charge in [-0.25, -0.2) is 4.79 Å². The van der Waals surface area contributed by atoms with E-state index in [9.17, 15) is 29.1 Å². The fourth-order valence-electron chi connectivity index (χ4n) is 4.30. The normalized spacial score (nSPS) is 13.4. The minimum absolute atomic E-state index is 0.0493. The number of carbonyl (C=O) groups excluding carboxylic acids is 3. The lowest BCUT2D eigenvalue weighted by Crippen LogP contribution is -2.44. The number of carboxylic acids is 2. The fraction of sp³-hybridized carbons (Fsp3) is 0.519. The van der Waals surface area contributed by atoms with Crippen molar-refractivity contribution < 1.29 is 34.2 Å². The fourth-order valence-corrected chi connectivity index (χ4v) is 4.30. The van der Waals surface area contributed by atoms with E-state index in [0.717, 1.165) is 22.9 Å². The standard InChI is InChI=1S/C27H39N5O7/c28-12-4-3-7-20(29)23(33)15-17(14-18-16-31-21-8-2-1-6-19(18)21)26(37)30-13-11-22(27(38)39)32-24(34)9-5-10-25(35)36/h1-2,6,8,16-17,20,22,31H,3-5,7,9-15,28-29H2,(H,30,37)(H,32,34)(H,35,36)(H,38,39)/t17-,20-,22+/m0/s1. The van der Waals surface area contributed by atoms with Gasteiger partial charge in [0.15, 0.2) is 0 Å². The Hall–Kier alpha value is -3.77. The third kappa shape index (κ3) is 10.9. The van der Waals surface area contributed by atoms with Crippen molar-refractivity contribution in [3.63, 3.8) is 0 Å². The maximum atomic E-state index is 13.2. The highest BCUT2D eigenvalue weighted by molar-refractivity contribution is 5.91. The van der Waals surface area contributed by atoms with E-state index in [1.165, 1.54) is 0 Å². The number of rotatable bonds is 19. The highest BCUT2D eigenvalue weighted by Crippen LogP contribution is 2.23. The number of carbonyl (C=O) groups is 5. The molecule has 0 aliphatic carbocycles. The summed E-state index contributed by atoms with van der Waals surface area (Å²) >= 11 is 0. The minimum Gasteiger partial charge on any atom is -0.481 e. The number of benzene rings is 1. The Bertz CT molecular complexity index is 1130. The molecule has 2 aromatic rings. The molecule has 39 heavy (non-hydrogen) atoms. The molecule has 0 saturated heterocycles. The van der Waals surface area contributed by atoms with Crippen LogP contribution in [0.15, 0.2) is 30.5 Å². The lowest BCUT2D eigenvalue weighted by atomic mass is 9.90. The number of hydrogen-bond donors (Lipinski definition) is 7. The van der Waals surface area contributed by atoms with Gasteiger partial charge in [0.2, 0.25) is 11.8 Å². The first kappa shape index (κ1) is 31.4. The number of unbranched alkanes of at least 4 members (excludes halogenated alkanes) is 1. The first-order valence-corrected chi connectivity index (χ1v) is 13.2. The van der Waals surface area contributed by atoms with E-state index in [4.69, 9.17) is 16.6 Å². The van der Waals surface area contributed by atoms with Crippen molar-refractivity contribution in [2.75, 3.05) is 13.1 Å². The molecule has 0 fully saturated rings. The van der Waals surface area contributed by atoms with E-state index in [-0.39, 0.29) is 50.9 Å². The predicted molar refractivity (Wildman–Crippen MR) is 145 cm³/mol. The number of fused-ring (bicyclic) bond motifs is 1. The van der Waals surface area contributed by atoms with Crippen molar-refractivity contribution in [1.29, 1.82) is 0 Å². The van der Waals surface area contributed by atoms with Crippen molar-refractivity contribution >= 4 is 40.4 Å². The third-order valence-corrected chi connectivity index (χ3v) is 6.50. The summed E-state index contributed by atoms with van der Waals surface area (Å²) in [5.74, 6) is -4.28. The molecule has 9 N–H and O–H groups in total. The van der Waals surface area contributed by atoms with E-state index in [1.54, 1.807) is 6.20 Å². The Morgan fingerprint density at radius 3 is 2.41 bits per heavy atom. The van der Waals surface area contributed by atoms with Crippen LogP contribution in [-0.2, 0) is 30.4 Å². The number of carboxylic acid groups (broad SMARTS) is 2. The number of nitrogens with two attached hydrogens (primary N) is 2. The number of para-hydroxylation sites is 1. The van der Waals surface area contributed by atoms with E-state index in [2.05, 4.69) is 15.6 Å². The number of ketones is 1. The van der Waals surface area contributed by atoms with Gasteiger partial charge in [-0.15, -0.1) is 0 Å². The van der Waals surface area contributed by atoms with Gasteiger partial charge in [0, 0.05) is 48.8 Å².